The highest BCUT2D eigenvalue weighted by Gasteiger charge is 2.36. The van der Waals surface area contributed by atoms with E-state index in [-0.39, 0.29) is 18.2 Å². The molecule has 2 saturated heterocycles. The zero-order chi connectivity index (χ0) is 17.8. The van der Waals surface area contributed by atoms with Gasteiger partial charge in [-0.2, -0.15) is 0 Å². The molecule has 2 atom stereocenters. The van der Waals surface area contributed by atoms with Crippen molar-refractivity contribution in [2.75, 3.05) is 13.1 Å². The van der Waals surface area contributed by atoms with Gasteiger partial charge in [-0.1, -0.05) is 30.3 Å². The number of rotatable bonds is 4. The Morgan fingerprint density at radius 1 is 1.12 bits per heavy atom. The van der Waals surface area contributed by atoms with Gasteiger partial charge in [-0.05, 0) is 12.0 Å². The van der Waals surface area contributed by atoms with E-state index >= 15 is 0 Å². The second kappa shape index (κ2) is 7.33. The molecular weight excluding hydrogens is 324 g/mol. The van der Waals surface area contributed by atoms with Gasteiger partial charge in [-0.3, -0.25) is 19.7 Å². The third kappa shape index (κ3) is 3.96. The van der Waals surface area contributed by atoms with Crippen LogP contribution in [-0.4, -0.2) is 53.8 Å². The highest BCUT2D eigenvalue weighted by molar-refractivity contribution is 6.06. The molecule has 1 aromatic carbocycles. The van der Waals surface area contributed by atoms with E-state index in [1.54, 1.807) is 0 Å². The molecule has 2 aliphatic heterocycles. The van der Waals surface area contributed by atoms with Gasteiger partial charge in [0.25, 0.3) is 5.91 Å². The minimum atomic E-state index is -0.885. The standard InChI is InChI=1S/C17H20N4O4/c22-14(10-12-15(23)20-17(25)19-12)21-8-4-7-18-16(24)13(21)9-11-5-2-1-3-6-11/h1-3,5-6,12-13H,4,7-10H2,(H,18,24)(H2,19,20,23,25)/t12-,13?/m0/s1. The lowest BCUT2D eigenvalue weighted by atomic mass is 10.0. The normalized spacial score (nSPS) is 23.5. The third-order valence-electron chi connectivity index (χ3n) is 4.38. The Kier molecular flexibility index (Phi) is 4.97. The Hall–Kier alpha value is -2.90. The Balaban J connectivity index is 1.75. The van der Waals surface area contributed by atoms with Crippen LogP contribution in [0.3, 0.4) is 0 Å². The quantitative estimate of drug-likeness (QED) is 0.643. The number of hydrogen-bond donors (Lipinski definition) is 3. The van der Waals surface area contributed by atoms with Crippen molar-refractivity contribution >= 4 is 23.8 Å². The Morgan fingerprint density at radius 2 is 1.88 bits per heavy atom. The Bertz CT molecular complexity index is 691. The van der Waals surface area contributed by atoms with Crippen molar-refractivity contribution in [3.63, 3.8) is 0 Å². The van der Waals surface area contributed by atoms with Gasteiger partial charge in [-0.15, -0.1) is 0 Å². The summed E-state index contributed by atoms with van der Waals surface area (Å²) in [6, 6.07) is 7.36. The molecule has 0 bridgehead atoms. The van der Waals surface area contributed by atoms with Crippen LogP contribution in [0.25, 0.3) is 0 Å². The summed E-state index contributed by atoms with van der Waals surface area (Å²) in [7, 11) is 0. The number of nitrogens with zero attached hydrogens (tertiary/aromatic N) is 1. The minimum absolute atomic E-state index is 0.157. The highest BCUT2D eigenvalue weighted by atomic mass is 16.2. The number of carbonyl (C=O) groups is 4. The number of nitrogens with one attached hydrogen (secondary N) is 3. The molecule has 5 amide bonds. The fourth-order valence-corrected chi connectivity index (χ4v) is 3.11. The number of benzene rings is 1. The van der Waals surface area contributed by atoms with E-state index in [1.165, 1.54) is 4.90 Å². The van der Waals surface area contributed by atoms with Crippen molar-refractivity contribution in [1.82, 2.24) is 20.9 Å². The average Bonchev–Trinajstić information content (AvgIpc) is 2.79. The van der Waals surface area contributed by atoms with Gasteiger partial charge in [0.2, 0.25) is 11.8 Å². The minimum Gasteiger partial charge on any atom is -0.354 e. The van der Waals surface area contributed by atoms with Crippen LogP contribution in [0.1, 0.15) is 18.4 Å². The van der Waals surface area contributed by atoms with Crippen LogP contribution >= 0.6 is 0 Å². The molecule has 8 nitrogen and oxygen atoms in total. The molecule has 2 heterocycles. The van der Waals surface area contributed by atoms with Gasteiger partial charge in [0.15, 0.2) is 0 Å². The zero-order valence-electron chi connectivity index (χ0n) is 13.7. The van der Waals surface area contributed by atoms with Crippen molar-refractivity contribution in [3.05, 3.63) is 35.9 Å². The zero-order valence-corrected chi connectivity index (χ0v) is 13.7. The fourth-order valence-electron chi connectivity index (χ4n) is 3.11. The fraction of sp³-hybridized carbons (Fsp3) is 0.412. The molecule has 0 saturated carbocycles. The lowest BCUT2D eigenvalue weighted by Gasteiger charge is -2.29. The second-order valence-electron chi connectivity index (χ2n) is 6.16. The predicted octanol–water partition coefficient (Wildman–Crippen LogP) is -0.456. The van der Waals surface area contributed by atoms with Crippen LogP contribution in [0.2, 0.25) is 0 Å². The van der Waals surface area contributed by atoms with Crippen LogP contribution in [0.5, 0.6) is 0 Å². The molecule has 3 N–H and O–H groups in total. The molecule has 0 aromatic heterocycles. The first-order chi connectivity index (χ1) is 12.0. The first kappa shape index (κ1) is 16.9. The second-order valence-corrected chi connectivity index (χ2v) is 6.16. The first-order valence-corrected chi connectivity index (χ1v) is 8.27. The van der Waals surface area contributed by atoms with Gasteiger partial charge < -0.3 is 15.5 Å². The maximum absolute atomic E-state index is 12.7. The van der Waals surface area contributed by atoms with E-state index < -0.39 is 24.0 Å². The van der Waals surface area contributed by atoms with Crippen LogP contribution in [-0.2, 0) is 20.8 Å². The van der Waals surface area contributed by atoms with Crippen molar-refractivity contribution in [1.29, 1.82) is 0 Å². The van der Waals surface area contributed by atoms with Gasteiger partial charge in [-0.25, -0.2) is 4.79 Å². The number of urea groups is 1. The lowest BCUT2D eigenvalue weighted by Crippen LogP contribution is -2.50. The van der Waals surface area contributed by atoms with E-state index in [0.717, 1.165) is 5.56 Å². The maximum Gasteiger partial charge on any atom is 0.322 e. The summed E-state index contributed by atoms with van der Waals surface area (Å²) >= 11 is 0. The van der Waals surface area contributed by atoms with E-state index in [1.807, 2.05) is 30.3 Å². The molecule has 25 heavy (non-hydrogen) atoms. The number of amides is 5. The van der Waals surface area contributed by atoms with Crippen LogP contribution in [0, 0.1) is 0 Å². The van der Waals surface area contributed by atoms with Crippen molar-refractivity contribution < 1.29 is 19.2 Å². The summed E-state index contributed by atoms with van der Waals surface area (Å²) in [5, 5.41) is 7.35. The topological polar surface area (TPSA) is 108 Å². The van der Waals surface area contributed by atoms with Crippen molar-refractivity contribution in [2.45, 2.75) is 31.3 Å². The van der Waals surface area contributed by atoms with E-state index in [4.69, 9.17) is 0 Å². The molecule has 0 radical (unpaired) electrons. The molecule has 2 aliphatic rings. The van der Waals surface area contributed by atoms with E-state index in [0.29, 0.717) is 25.9 Å². The van der Waals surface area contributed by atoms with E-state index in [2.05, 4.69) is 16.0 Å². The first-order valence-electron chi connectivity index (χ1n) is 8.27. The molecule has 2 fully saturated rings. The molecule has 132 valence electrons. The summed E-state index contributed by atoms with van der Waals surface area (Å²) in [4.78, 5) is 49.5. The van der Waals surface area contributed by atoms with Crippen LogP contribution in [0.15, 0.2) is 30.3 Å². The largest absolute Gasteiger partial charge is 0.354 e. The van der Waals surface area contributed by atoms with Crippen molar-refractivity contribution in [3.8, 4) is 0 Å². The molecule has 0 spiro atoms. The monoisotopic (exact) mass is 344 g/mol. The van der Waals surface area contributed by atoms with Gasteiger partial charge in [0.1, 0.15) is 12.1 Å². The van der Waals surface area contributed by atoms with Crippen molar-refractivity contribution in [2.24, 2.45) is 0 Å². The summed E-state index contributed by atoms with van der Waals surface area (Å²) in [6.45, 7) is 0.936. The molecule has 3 rings (SSSR count). The summed E-state index contributed by atoms with van der Waals surface area (Å²) in [6.07, 6.45) is 0.893. The van der Waals surface area contributed by atoms with Crippen LogP contribution < -0.4 is 16.0 Å². The number of imide groups is 1. The summed E-state index contributed by atoms with van der Waals surface area (Å²) in [5.41, 5.74) is 0.953. The summed E-state index contributed by atoms with van der Waals surface area (Å²) in [5.74, 6) is -1.04. The van der Waals surface area contributed by atoms with Gasteiger partial charge >= 0.3 is 6.03 Å². The predicted molar refractivity (Wildman–Crippen MR) is 88.4 cm³/mol. The number of hydrogen-bond acceptors (Lipinski definition) is 4. The van der Waals surface area contributed by atoms with E-state index in [9.17, 15) is 19.2 Å². The molecule has 0 aliphatic carbocycles. The molecule has 1 unspecified atom stereocenters. The smallest absolute Gasteiger partial charge is 0.322 e. The SMILES string of the molecule is O=C1NC(=O)[C@H](CC(=O)N2CCCNC(=O)C2Cc2ccccc2)N1. The van der Waals surface area contributed by atoms with Gasteiger partial charge in [0.05, 0.1) is 6.42 Å². The average molecular weight is 344 g/mol. The molecule has 1 aromatic rings. The summed E-state index contributed by atoms with van der Waals surface area (Å²) < 4.78 is 0. The van der Waals surface area contributed by atoms with Gasteiger partial charge in [0, 0.05) is 19.5 Å². The number of carbonyl (C=O) groups excluding carboxylic acids is 4. The molecular formula is C17H20N4O4. The highest BCUT2D eigenvalue weighted by Crippen LogP contribution is 2.15. The Morgan fingerprint density at radius 3 is 2.56 bits per heavy atom. The maximum atomic E-state index is 12.7. The molecule has 8 heteroatoms. The lowest BCUT2D eigenvalue weighted by molar-refractivity contribution is -0.140. The third-order valence-corrected chi connectivity index (χ3v) is 4.38. The van der Waals surface area contributed by atoms with Crippen LogP contribution in [0.4, 0.5) is 4.79 Å². The Labute approximate surface area is 144 Å².